The minimum atomic E-state index is -0.153. The van der Waals surface area contributed by atoms with Gasteiger partial charge in [-0.15, -0.1) is 0 Å². The number of piperidine rings is 1. The van der Waals surface area contributed by atoms with Crippen LogP contribution in [0.3, 0.4) is 0 Å². The Labute approximate surface area is 128 Å². The van der Waals surface area contributed by atoms with Crippen LogP contribution < -0.4 is 5.32 Å². The first-order chi connectivity index (χ1) is 10.0. The summed E-state index contributed by atoms with van der Waals surface area (Å²) >= 11 is 0. The van der Waals surface area contributed by atoms with E-state index in [4.69, 9.17) is 0 Å². The van der Waals surface area contributed by atoms with Crippen molar-refractivity contribution < 1.29 is 4.39 Å². The molecule has 1 fully saturated rings. The Hall–Kier alpha value is -0.930. The van der Waals surface area contributed by atoms with Crippen LogP contribution >= 0.6 is 0 Å². The topological polar surface area (TPSA) is 15.3 Å². The Morgan fingerprint density at radius 3 is 2.57 bits per heavy atom. The van der Waals surface area contributed by atoms with Crippen molar-refractivity contribution in [3.63, 3.8) is 0 Å². The Kier molecular flexibility index (Phi) is 5.77. The summed E-state index contributed by atoms with van der Waals surface area (Å²) in [4.78, 5) is 2.61. The lowest BCUT2D eigenvalue weighted by Gasteiger charge is -2.46. The van der Waals surface area contributed by atoms with Gasteiger partial charge >= 0.3 is 0 Å². The maximum atomic E-state index is 13.0. The first kappa shape index (κ1) is 16.4. The van der Waals surface area contributed by atoms with Crippen molar-refractivity contribution in [2.45, 2.75) is 58.7 Å². The number of likely N-dealkylation sites (tertiary alicyclic amines) is 1. The molecule has 1 aliphatic heterocycles. The molecule has 0 amide bonds. The quantitative estimate of drug-likeness (QED) is 0.894. The molecule has 21 heavy (non-hydrogen) atoms. The molecular weight excluding hydrogens is 263 g/mol. The number of benzene rings is 1. The van der Waals surface area contributed by atoms with Crippen LogP contribution in [0.5, 0.6) is 0 Å². The van der Waals surface area contributed by atoms with Gasteiger partial charge in [0.15, 0.2) is 0 Å². The summed E-state index contributed by atoms with van der Waals surface area (Å²) in [5.41, 5.74) is 1.22. The van der Waals surface area contributed by atoms with E-state index in [1.807, 2.05) is 12.1 Å². The molecule has 2 nitrogen and oxygen atoms in total. The lowest BCUT2D eigenvalue weighted by atomic mass is 9.85. The first-order valence-electron chi connectivity index (χ1n) is 8.26. The van der Waals surface area contributed by atoms with Crippen LogP contribution in [0, 0.1) is 11.7 Å². The molecule has 0 bridgehead atoms. The van der Waals surface area contributed by atoms with Crippen LogP contribution in [-0.2, 0) is 6.42 Å². The summed E-state index contributed by atoms with van der Waals surface area (Å²) in [5.74, 6) is 0.509. The molecule has 118 valence electrons. The third kappa shape index (κ3) is 4.04. The molecule has 2 rings (SSSR count). The minimum absolute atomic E-state index is 0.153. The summed E-state index contributed by atoms with van der Waals surface area (Å²) in [6, 6.07) is 8.65. The van der Waals surface area contributed by atoms with Crippen LogP contribution in [0.15, 0.2) is 24.3 Å². The molecule has 0 aliphatic carbocycles. The van der Waals surface area contributed by atoms with Gasteiger partial charge in [0.25, 0.3) is 0 Å². The van der Waals surface area contributed by atoms with Crippen molar-refractivity contribution in [1.82, 2.24) is 10.2 Å². The van der Waals surface area contributed by atoms with Crippen molar-refractivity contribution in [3.05, 3.63) is 35.6 Å². The molecule has 0 saturated carbocycles. The fourth-order valence-corrected chi connectivity index (χ4v) is 3.64. The molecule has 1 heterocycles. The monoisotopic (exact) mass is 292 g/mol. The maximum Gasteiger partial charge on any atom is 0.123 e. The van der Waals surface area contributed by atoms with Crippen LogP contribution in [0.1, 0.15) is 39.7 Å². The van der Waals surface area contributed by atoms with E-state index in [1.165, 1.54) is 12.0 Å². The highest BCUT2D eigenvalue weighted by molar-refractivity contribution is 5.17. The zero-order valence-corrected chi connectivity index (χ0v) is 13.8. The third-order valence-corrected chi connectivity index (χ3v) is 5.09. The van der Waals surface area contributed by atoms with E-state index in [1.54, 1.807) is 12.1 Å². The highest BCUT2D eigenvalue weighted by Gasteiger charge is 2.33. The predicted octanol–water partition coefficient (Wildman–Crippen LogP) is 3.47. The molecule has 1 N–H and O–H groups in total. The van der Waals surface area contributed by atoms with Crippen LogP contribution in [0.25, 0.3) is 0 Å². The van der Waals surface area contributed by atoms with Gasteiger partial charge in [0.2, 0.25) is 0 Å². The van der Waals surface area contributed by atoms with Gasteiger partial charge in [-0.2, -0.15) is 0 Å². The first-order valence-corrected chi connectivity index (χ1v) is 8.26. The van der Waals surface area contributed by atoms with E-state index < -0.39 is 0 Å². The molecular formula is C18H29FN2. The van der Waals surface area contributed by atoms with E-state index in [-0.39, 0.29) is 5.82 Å². The molecule has 1 aliphatic rings. The number of nitrogens with zero attached hydrogens (tertiary/aromatic N) is 1. The zero-order chi connectivity index (χ0) is 15.4. The van der Waals surface area contributed by atoms with Crippen LogP contribution in [0.4, 0.5) is 4.39 Å². The second-order valence-corrected chi connectivity index (χ2v) is 6.47. The highest BCUT2D eigenvalue weighted by atomic mass is 19.1. The Balaban J connectivity index is 1.96. The second kappa shape index (κ2) is 7.37. The SMILES string of the molecule is CCNC1CCN(C(C)Cc2ccc(F)cc2)C(C)C1C. The molecule has 1 aromatic carbocycles. The third-order valence-electron chi connectivity index (χ3n) is 5.09. The van der Waals surface area contributed by atoms with Crippen molar-refractivity contribution in [3.8, 4) is 0 Å². The highest BCUT2D eigenvalue weighted by Crippen LogP contribution is 2.26. The lowest BCUT2D eigenvalue weighted by molar-refractivity contribution is 0.0534. The molecule has 1 aromatic rings. The molecule has 4 atom stereocenters. The summed E-state index contributed by atoms with van der Waals surface area (Å²) in [6.07, 6.45) is 2.20. The van der Waals surface area contributed by atoms with Gasteiger partial charge in [0.05, 0.1) is 0 Å². The van der Waals surface area contributed by atoms with Gasteiger partial charge in [-0.25, -0.2) is 4.39 Å². The van der Waals surface area contributed by atoms with Crippen molar-refractivity contribution >= 4 is 0 Å². The van der Waals surface area contributed by atoms with Gasteiger partial charge in [0, 0.05) is 24.7 Å². The summed E-state index contributed by atoms with van der Waals surface area (Å²) in [7, 11) is 0. The smallest absolute Gasteiger partial charge is 0.123 e. The van der Waals surface area contributed by atoms with Gasteiger partial charge in [-0.3, -0.25) is 4.90 Å². The zero-order valence-electron chi connectivity index (χ0n) is 13.8. The van der Waals surface area contributed by atoms with Crippen molar-refractivity contribution in [1.29, 1.82) is 0 Å². The molecule has 0 aromatic heterocycles. The predicted molar refractivity (Wildman–Crippen MR) is 87.0 cm³/mol. The van der Waals surface area contributed by atoms with E-state index in [9.17, 15) is 4.39 Å². The molecule has 1 saturated heterocycles. The minimum Gasteiger partial charge on any atom is -0.314 e. The number of rotatable bonds is 5. The second-order valence-electron chi connectivity index (χ2n) is 6.47. The van der Waals surface area contributed by atoms with E-state index >= 15 is 0 Å². The summed E-state index contributed by atoms with van der Waals surface area (Å²) in [6.45, 7) is 11.4. The van der Waals surface area contributed by atoms with E-state index in [0.717, 1.165) is 19.5 Å². The Morgan fingerprint density at radius 1 is 1.29 bits per heavy atom. The number of halogens is 1. The Bertz CT molecular complexity index is 431. The van der Waals surface area contributed by atoms with Crippen molar-refractivity contribution in [2.75, 3.05) is 13.1 Å². The molecule has 0 spiro atoms. The fourth-order valence-electron chi connectivity index (χ4n) is 3.64. The largest absolute Gasteiger partial charge is 0.314 e. The standard InChI is InChI=1S/C18H29FN2/c1-5-20-18-10-11-21(15(4)14(18)3)13(2)12-16-6-8-17(19)9-7-16/h6-9,13-15,18,20H,5,10-12H2,1-4H3. The number of hydrogen-bond acceptors (Lipinski definition) is 2. The fraction of sp³-hybridized carbons (Fsp3) is 0.667. The van der Waals surface area contributed by atoms with Gasteiger partial charge in [-0.1, -0.05) is 26.0 Å². The summed E-state index contributed by atoms with van der Waals surface area (Å²) in [5, 5.41) is 3.61. The average Bonchev–Trinajstić information content (AvgIpc) is 2.46. The van der Waals surface area contributed by atoms with Gasteiger partial charge in [0.1, 0.15) is 5.82 Å². The van der Waals surface area contributed by atoms with E-state index in [2.05, 4.69) is 37.9 Å². The normalized spacial score (nSPS) is 28.5. The van der Waals surface area contributed by atoms with Gasteiger partial charge < -0.3 is 5.32 Å². The van der Waals surface area contributed by atoms with Crippen LogP contribution in [0.2, 0.25) is 0 Å². The number of hydrogen-bond donors (Lipinski definition) is 1. The summed E-state index contributed by atoms with van der Waals surface area (Å²) < 4.78 is 13.0. The lowest BCUT2D eigenvalue weighted by Crippen LogP contribution is -2.56. The van der Waals surface area contributed by atoms with E-state index in [0.29, 0.717) is 24.0 Å². The molecule has 3 heteroatoms. The maximum absolute atomic E-state index is 13.0. The average molecular weight is 292 g/mol. The molecule has 0 radical (unpaired) electrons. The van der Waals surface area contributed by atoms with Gasteiger partial charge in [-0.05, 0) is 56.8 Å². The van der Waals surface area contributed by atoms with Crippen molar-refractivity contribution in [2.24, 2.45) is 5.92 Å². The number of nitrogens with one attached hydrogen (secondary N) is 1. The Morgan fingerprint density at radius 2 is 1.95 bits per heavy atom. The molecule has 4 unspecified atom stereocenters. The van der Waals surface area contributed by atoms with Crippen LogP contribution in [-0.4, -0.2) is 36.1 Å².